The number of nitrogens with zero attached hydrogens (tertiary/aromatic N) is 4. The first-order chi connectivity index (χ1) is 14.7. The van der Waals surface area contributed by atoms with E-state index in [1.807, 2.05) is 18.2 Å². The highest BCUT2D eigenvalue weighted by atomic mass is 16.1. The Balaban J connectivity index is 1.36. The molecule has 4 atom stereocenters. The van der Waals surface area contributed by atoms with Crippen molar-refractivity contribution in [1.82, 2.24) is 20.4 Å². The largest absolute Gasteiger partial charge is 0.355 e. The number of rotatable bonds is 4. The van der Waals surface area contributed by atoms with Gasteiger partial charge >= 0.3 is 0 Å². The molecule has 5 rings (SSSR count). The van der Waals surface area contributed by atoms with E-state index in [4.69, 9.17) is 0 Å². The van der Waals surface area contributed by atoms with Crippen molar-refractivity contribution in [2.45, 2.75) is 44.7 Å². The number of hydrogen-bond donors (Lipinski definition) is 1. The highest BCUT2D eigenvalue weighted by Crippen LogP contribution is 2.41. The lowest BCUT2D eigenvalue weighted by molar-refractivity contribution is -0.119. The molecule has 0 unspecified atom stereocenters. The molecule has 30 heavy (non-hydrogen) atoms. The first kappa shape index (κ1) is 19.5. The molecule has 3 saturated heterocycles. The highest BCUT2D eigenvalue weighted by molar-refractivity contribution is 5.72. The summed E-state index contributed by atoms with van der Waals surface area (Å²) in [5.41, 5.74) is 2.01. The zero-order valence-corrected chi connectivity index (χ0v) is 17.7. The van der Waals surface area contributed by atoms with Crippen molar-refractivity contribution in [3.05, 3.63) is 42.5 Å². The van der Waals surface area contributed by atoms with E-state index >= 15 is 0 Å². The van der Waals surface area contributed by atoms with E-state index in [1.165, 1.54) is 32.2 Å². The lowest BCUT2D eigenvalue weighted by atomic mass is 9.72. The lowest BCUT2D eigenvalue weighted by Crippen LogP contribution is -2.65. The Morgan fingerprint density at radius 3 is 2.67 bits per heavy atom. The summed E-state index contributed by atoms with van der Waals surface area (Å²) < 4.78 is 0. The van der Waals surface area contributed by atoms with Gasteiger partial charge in [0.05, 0.1) is 5.69 Å². The van der Waals surface area contributed by atoms with E-state index in [-0.39, 0.29) is 5.91 Å². The summed E-state index contributed by atoms with van der Waals surface area (Å²) in [5, 5.41) is 12.2. The molecule has 0 saturated carbocycles. The molecule has 3 fully saturated rings. The number of carbonyl (C=O) groups is 1. The lowest BCUT2D eigenvalue weighted by Gasteiger charge is -2.57. The fraction of sp³-hybridized carbons (Fsp3) is 0.542. The molecule has 1 amide bonds. The van der Waals surface area contributed by atoms with Crippen molar-refractivity contribution >= 4 is 11.7 Å². The fourth-order valence-electron chi connectivity index (χ4n) is 5.88. The summed E-state index contributed by atoms with van der Waals surface area (Å²) in [6.45, 7) is 5.60. The summed E-state index contributed by atoms with van der Waals surface area (Å²) in [5.74, 6) is 2.28. The molecule has 4 heterocycles. The minimum atomic E-state index is 0.0701. The van der Waals surface area contributed by atoms with Crippen LogP contribution in [0, 0.1) is 11.8 Å². The zero-order valence-electron chi connectivity index (χ0n) is 17.7. The Kier molecular flexibility index (Phi) is 5.42. The average Bonchev–Trinajstić information content (AvgIpc) is 2.79. The Labute approximate surface area is 178 Å². The Morgan fingerprint density at radius 1 is 1.07 bits per heavy atom. The van der Waals surface area contributed by atoms with Crippen molar-refractivity contribution in [3.8, 4) is 11.3 Å². The highest BCUT2D eigenvalue weighted by Gasteiger charge is 2.47. The van der Waals surface area contributed by atoms with Crippen LogP contribution in [0.25, 0.3) is 11.3 Å². The van der Waals surface area contributed by atoms with Gasteiger partial charge in [0.2, 0.25) is 5.91 Å². The Morgan fingerprint density at radius 2 is 1.90 bits per heavy atom. The Hall–Kier alpha value is -2.47. The molecule has 3 aliphatic heterocycles. The van der Waals surface area contributed by atoms with Gasteiger partial charge in [0.25, 0.3) is 0 Å². The number of carbonyl (C=O) groups excluding carboxylic acids is 1. The van der Waals surface area contributed by atoms with Crippen LogP contribution in [0.4, 0.5) is 5.82 Å². The summed E-state index contributed by atoms with van der Waals surface area (Å²) in [6, 6.07) is 15.5. The van der Waals surface area contributed by atoms with Crippen molar-refractivity contribution in [2.75, 3.05) is 31.1 Å². The fourth-order valence-corrected chi connectivity index (χ4v) is 5.88. The molecule has 0 aliphatic carbocycles. The SMILES string of the molecule is CC(=O)NC[C@H]1[C@H]2C[C@H](CN(c3ccc(-c4ccccc4)nn3)C2)[C@@H]2CCCCN21. The minimum absolute atomic E-state index is 0.0701. The number of hydrogen-bond acceptors (Lipinski definition) is 5. The van der Waals surface area contributed by atoms with E-state index in [2.05, 4.69) is 49.6 Å². The van der Waals surface area contributed by atoms with E-state index < -0.39 is 0 Å². The standard InChI is InChI=1S/C24H31N5O/c1-17(30)25-14-23-20-13-19(22-9-5-6-12-29(22)23)15-28(16-20)24-11-10-21(26-27-24)18-7-3-2-4-8-18/h2-4,7-8,10-11,19-20,22-23H,5-6,9,12-16H2,1H3,(H,25,30)/t19-,20+,22+,23+/m1/s1. The Bertz CT molecular complexity index is 871. The summed E-state index contributed by atoms with van der Waals surface area (Å²) >= 11 is 0. The number of amides is 1. The van der Waals surface area contributed by atoms with E-state index in [1.54, 1.807) is 6.92 Å². The third kappa shape index (κ3) is 3.81. The number of fused-ring (bicyclic) bond motifs is 4. The maximum Gasteiger partial charge on any atom is 0.216 e. The molecule has 1 aromatic carbocycles. The van der Waals surface area contributed by atoms with Gasteiger partial charge in [-0.05, 0) is 49.8 Å². The number of anilines is 1. The van der Waals surface area contributed by atoms with Crippen molar-refractivity contribution in [2.24, 2.45) is 11.8 Å². The summed E-state index contributed by atoms with van der Waals surface area (Å²) in [4.78, 5) is 16.8. The molecular formula is C24H31N5O. The molecule has 1 aromatic heterocycles. The van der Waals surface area contributed by atoms with Crippen LogP contribution in [0.3, 0.4) is 0 Å². The van der Waals surface area contributed by atoms with Gasteiger partial charge < -0.3 is 10.2 Å². The predicted molar refractivity (Wildman–Crippen MR) is 118 cm³/mol. The van der Waals surface area contributed by atoms with Crippen LogP contribution in [-0.2, 0) is 4.79 Å². The van der Waals surface area contributed by atoms with Gasteiger partial charge in [-0.25, -0.2) is 0 Å². The van der Waals surface area contributed by atoms with Gasteiger partial charge in [0.15, 0.2) is 5.82 Å². The quantitative estimate of drug-likeness (QED) is 0.847. The second kappa shape index (κ2) is 8.34. The normalized spacial score (nSPS) is 28.6. The monoisotopic (exact) mass is 405 g/mol. The van der Waals surface area contributed by atoms with Gasteiger partial charge in [-0.1, -0.05) is 36.8 Å². The maximum absolute atomic E-state index is 11.6. The van der Waals surface area contributed by atoms with Gasteiger partial charge in [0, 0.05) is 44.2 Å². The zero-order chi connectivity index (χ0) is 20.5. The van der Waals surface area contributed by atoms with E-state index in [0.29, 0.717) is 23.9 Å². The first-order valence-corrected chi connectivity index (χ1v) is 11.3. The van der Waals surface area contributed by atoms with Crippen molar-refractivity contribution in [3.63, 3.8) is 0 Å². The van der Waals surface area contributed by atoms with Gasteiger partial charge in [-0.3, -0.25) is 9.69 Å². The summed E-state index contributed by atoms with van der Waals surface area (Å²) in [7, 11) is 0. The second-order valence-electron chi connectivity index (χ2n) is 9.11. The van der Waals surface area contributed by atoms with Gasteiger partial charge in [-0.2, -0.15) is 0 Å². The molecule has 2 aromatic rings. The predicted octanol–water partition coefficient (Wildman–Crippen LogP) is 2.96. The van der Waals surface area contributed by atoms with Crippen LogP contribution in [0.1, 0.15) is 32.6 Å². The third-order valence-corrected chi connectivity index (χ3v) is 7.23. The van der Waals surface area contributed by atoms with Crippen LogP contribution >= 0.6 is 0 Å². The van der Waals surface area contributed by atoms with E-state index in [0.717, 1.165) is 36.7 Å². The number of aromatic nitrogens is 2. The molecular weight excluding hydrogens is 374 g/mol. The maximum atomic E-state index is 11.6. The van der Waals surface area contributed by atoms with Crippen LogP contribution in [0.2, 0.25) is 0 Å². The molecule has 3 aliphatic rings. The molecule has 0 spiro atoms. The minimum Gasteiger partial charge on any atom is -0.355 e. The van der Waals surface area contributed by atoms with Crippen LogP contribution in [-0.4, -0.2) is 59.3 Å². The topological polar surface area (TPSA) is 61.4 Å². The molecule has 158 valence electrons. The van der Waals surface area contributed by atoms with Crippen molar-refractivity contribution < 1.29 is 4.79 Å². The molecule has 2 bridgehead atoms. The molecule has 1 N–H and O–H groups in total. The average molecular weight is 406 g/mol. The van der Waals surface area contributed by atoms with Gasteiger partial charge in [-0.15, -0.1) is 10.2 Å². The first-order valence-electron chi connectivity index (χ1n) is 11.3. The summed E-state index contributed by atoms with van der Waals surface area (Å²) in [6.07, 6.45) is 5.14. The van der Waals surface area contributed by atoms with Crippen molar-refractivity contribution in [1.29, 1.82) is 0 Å². The number of piperidine rings is 3. The number of nitrogens with one attached hydrogen (secondary N) is 1. The van der Waals surface area contributed by atoms with Crippen LogP contribution < -0.4 is 10.2 Å². The second-order valence-corrected chi connectivity index (χ2v) is 9.11. The van der Waals surface area contributed by atoms with Gasteiger partial charge in [0.1, 0.15) is 0 Å². The van der Waals surface area contributed by atoms with Crippen LogP contribution in [0.5, 0.6) is 0 Å². The molecule has 6 nitrogen and oxygen atoms in total. The molecule has 6 heteroatoms. The number of benzene rings is 1. The molecule has 0 radical (unpaired) electrons. The third-order valence-electron chi connectivity index (χ3n) is 7.23. The van der Waals surface area contributed by atoms with Crippen LogP contribution in [0.15, 0.2) is 42.5 Å². The smallest absolute Gasteiger partial charge is 0.216 e. The van der Waals surface area contributed by atoms with E-state index in [9.17, 15) is 4.79 Å².